The number of halogens is 2. The maximum atomic E-state index is 11.3. The quantitative estimate of drug-likeness (QED) is 0.896. The van der Waals surface area contributed by atoms with Crippen LogP contribution in [0.4, 0.5) is 0 Å². The first-order valence-electron chi connectivity index (χ1n) is 4.93. The van der Waals surface area contributed by atoms with E-state index in [1.807, 2.05) is 24.3 Å². The van der Waals surface area contributed by atoms with Crippen LogP contribution in [0.1, 0.15) is 18.4 Å². The maximum absolute atomic E-state index is 11.3. The molecule has 0 radical (unpaired) electrons. The van der Waals surface area contributed by atoms with Crippen LogP contribution in [0.2, 0.25) is 0 Å². The van der Waals surface area contributed by atoms with Crippen molar-refractivity contribution in [1.29, 1.82) is 0 Å². The summed E-state index contributed by atoms with van der Waals surface area (Å²) in [4.78, 5) is 11.3. The van der Waals surface area contributed by atoms with Crippen molar-refractivity contribution in [3.63, 3.8) is 0 Å². The highest BCUT2D eigenvalue weighted by molar-refractivity contribution is 9.10. The predicted molar refractivity (Wildman–Crippen MR) is 69.5 cm³/mol. The number of benzene rings is 1. The van der Waals surface area contributed by atoms with E-state index in [1.54, 1.807) is 0 Å². The summed E-state index contributed by atoms with van der Waals surface area (Å²) in [5, 5.41) is 2.98. The average molecular weight is 306 g/mol. The molecule has 16 heavy (non-hydrogen) atoms. The fourth-order valence-corrected chi connectivity index (χ4v) is 2.11. The lowest BCUT2D eigenvalue weighted by atomic mass is 10.1. The van der Waals surface area contributed by atoms with Gasteiger partial charge in [-0.3, -0.25) is 4.79 Å². The molecule has 0 spiro atoms. The van der Waals surface area contributed by atoms with E-state index in [0.29, 0.717) is 0 Å². The lowest BCUT2D eigenvalue weighted by Crippen LogP contribution is -2.38. The van der Waals surface area contributed by atoms with Crippen LogP contribution >= 0.6 is 28.3 Å². The number of carbonyl (C=O) groups is 1. The van der Waals surface area contributed by atoms with Crippen LogP contribution < -0.4 is 11.1 Å². The summed E-state index contributed by atoms with van der Waals surface area (Å²) in [5.41, 5.74) is 6.29. The van der Waals surface area contributed by atoms with Crippen molar-refractivity contribution in [3.8, 4) is 0 Å². The third kappa shape index (κ3) is 2.75. The third-order valence-corrected chi connectivity index (χ3v) is 3.18. The molecular formula is C11H14BrClN2O. The van der Waals surface area contributed by atoms with Gasteiger partial charge in [0.05, 0.1) is 12.1 Å². The molecule has 0 unspecified atom stereocenters. The molecule has 1 aromatic carbocycles. The largest absolute Gasteiger partial charge is 0.345 e. The van der Waals surface area contributed by atoms with Gasteiger partial charge in [0.25, 0.3) is 0 Å². The van der Waals surface area contributed by atoms with Gasteiger partial charge in [-0.15, -0.1) is 12.4 Å². The minimum absolute atomic E-state index is 0. The second-order valence-corrected chi connectivity index (χ2v) is 4.76. The van der Waals surface area contributed by atoms with Gasteiger partial charge >= 0.3 is 0 Å². The van der Waals surface area contributed by atoms with E-state index in [9.17, 15) is 4.79 Å². The number of rotatable bonds is 3. The van der Waals surface area contributed by atoms with Gasteiger partial charge in [-0.25, -0.2) is 0 Å². The van der Waals surface area contributed by atoms with Gasteiger partial charge in [-0.2, -0.15) is 0 Å². The molecule has 1 aliphatic carbocycles. The molecule has 1 saturated carbocycles. The number of hydrogen-bond donors (Lipinski definition) is 2. The number of carbonyl (C=O) groups excluding carboxylic acids is 1. The van der Waals surface area contributed by atoms with Crippen molar-refractivity contribution in [2.24, 2.45) is 5.73 Å². The summed E-state index contributed by atoms with van der Waals surface area (Å²) < 4.78 is 1.04. The standard InChI is InChI=1S/C11H13BrN2O.ClH/c12-9-3-1-2-8(6-9)11(4-5-11)14-10(15)7-13;/h1-3,6H,4-5,7,13H2,(H,14,15);1H. The van der Waals surface area contributed by atoms with Crippen LogP contribution in [0.5, 0.6) is 0 Å². The van der Waals surface area contributed by atoms with E-state index in [-0.39, 0.29) is 30.4 Å². The first-order valence-corrected chi connectivity index (χ1v) is 5.73. The zero-order chi connectivity index (χ0) is 10.9. The minimum Gasteiger partial charge on any atom is -0.345 e. The van der Waals surface area contributed by atoms with Crippen LogP contribution in [0.25, 0.3) is 0 Å². The van der Waals surface area contributed by atoms with Crippen molar-refractivity contribution in [2.45, 2.75) is 18.4 Å². The summed E-state index contributed by atoms with van der Waals surface area (Å²) in [7, 11) is 0. The Kier molecular flexibility index (Phi) is 4.35. The van der Waals surface area contributed by atoms with Crippen molar-refractivity contribution in [2.75, 3.05) is 6.54 Å². The van der Waals surface area contributed by atoms with Crippen LogP contribution in [0, 0.1) is 0 Å². The van der Waals surface area contributed by atoms with Crippen LogP contribution in [-0.2, 0) is 10.3 Å². The molecule has 0 saturated heterocycles. The van der Waals surface area contributed by atoms with E-state index in [0.717, 1.165) is 22.9 Å². The van der Waals surface area contributed by atoms with Crippen LogP contribution in [-0.4, -0.2) is 12.5 Å². The smallest absolute Gasteiger partial charge is 0.234 e. The second-order valence-electron chi connectivity index (χ2n) is 3.84. The van der Waals surface area contributed by atoms with Crippen molar-refractivity contribution < 1.29 is 4.79 Å². The highest BCUT2D eigenvalue weighted by Gasteiger charge is 2.45. The van der Waals surface area contributed by atoms with Crippen molar-refractivity contribution in [1.82, 2.24) is 5.32 Å². The Bertz CT molecular complexity index is 393. The molecule has 3 nitrogen and oxygen atoms in total. The fraction of sp³-hybridized carbons (Fsp3) is 0.364. The summed E-state index contributed by atoms with van der Waals surface area (Å²) in [6, 6.07) is 8.04. The Morgan fingerprint density at radius 2 is 2.19 bits per heavy atom. The maximum Gasteiger partial charge on any atom is 0.234 e. The molecule has 1 fully saturated rings. The lowest BCUT2D eigenvalue weighted by Gasteiger charge is -2.17. The Morgan fingerprint density at radius 1 is 1.50 bits per heavy atom. The predicted octanol–water partition coefficient (Wildman–Crippen LogP) is 1.93. The number of hydrogen-bond acceptors (Lipinski definition) is 2. The Balaban J connectivity index is 0.00000128. The summed E-state index contributed by atoms with van der Waals surface area (Å²) in [6.45, 7) is 0.0513. The van der Waals surface area contributed by atoms with Gasteiger partial charge in [-0.1, -0.05) is 28.1 Å². The molecule has 0 aromatic heterocycles. The molecule has 0 atom stereocenters. The number of amides is 1. The fourth-order valence-electron chi connectivity index (χ4n) is 1.71. The van der Waals surface area contributed by atoms with E-state index < -0.39 is 0 Å². The molecule has 0 bridgehead atoms. The molecule has 0 heterocycles. The summed E-state index contributed by atoms with van der Waals surface area (Å²) in [5.74, 6) is -0.0903. The topological polar surface area (TPSA) is 55.1 Å². The van der Waals surface area contributed by atoms with Gasteiger partial charge in [-0.05, 0) is 30.5 Å². The van der Waals surface area contributed by atoms with Crippen LogP contribution in [0.15, 0.2) is 28.7 Å². The van der Waals surface area contributed by atoms with Gasteiger partial charge in [0.1, 0.15) is 0 Å². The molecule has 3 N–H and O–H groups in total. The SMILES string of the molecule is Cl.NCC(=O)NC1(c2cccc(Br)c2)CC1. The zero-order valence-electron chi connectivity index (χ0n) is 8.70. The Morgan fingerprint density at radius 3 is 2.69 bits per heavy atom. The first kappa shape index (κ1) is 13.5. The molecule has 88 valence electrons. The molecule has 5 heteroatoms. The minimum atomic E-state index is -0.153. The first-order chi connectivity index (χ1) is 7.16. The number of nitrogens with two attached hydrogens (primary N) is 1. The van der Waals surface area contributed by atoms with Gasteiger partial charge in [0.15, 0.2) is 0 Å². The van der Waals surface area contributed by atoms with Gasteiger partial charge in [0, 0.05) is 4.47 Å². The monoisotopic (exact) mass is 304 g/mol. The highest BCUT2D eigenvalue weighted by Crippen LogP contribution is 2.45. The van der Waals surface area contributed by atoms with E-state index >= 15 is 0 Å². The molecule has 1 amide bonds. The van der Waals surface area contributed by atoms with E-state index in [4.69, 9.17) is 5.73 Å². The third-order valence-electron chi connectivity index (χ3n) is 2.69. The van der Waals surface area contributed by atoms with Gasteiger partial charge < -0.3 is 11.1 Å². The molecule has 0 aliphatic heterocycles. The Hall–Kier alpha value is -0.580. The zero-order valence-corrected chi connectivity index (χ0v) is 11.1. The molecule has 1 aromatic rings. The highest BCUT2D eigenvalue weighted by atomic mass is 79.9. The van der Waals surface area contributed by atoms with E-state index in [1.165, 1.54) is 0 Å². The average Bonchev–Trinajstić information content (AvgIpc) is 2.99. The number of nitrogens with one attached hydrogen (secondary N) is 1. The van der Waals surface area contributed by atoms with Crippen molar-refractivity contribution in [3.05, 3.63) is 34.3 Å². The molecule has 2 rings (SSSR count). The normalized spacial score (nSPS) is 16.1. The molecular weight excluding hydrogens is 291 g/mol. The van der Waals surface area contributed by atoms with E-state index in [2.05, 4.69) is 21.2 Å². The summed E-state index contributed by atoms with van der Waals surface area (Å²) in [6.07, 6.45) is 1.99. The Labute approximate surface area is 109 Å². The lowest BCUT2D eigenvalue weighted by molar-refractivity contribution is -0.120. The molecule has 1 aliphatic rings. The second kappa shape index (κ2) is 5.17. The van der Waals surface area contributed by atoms with Crippen molar-refractivity contribution >= 4 is 34.2 Å². The van der Waals surface area contributed by atoms with Crippen LogP contribution in [0.3, 0.4) is 0 Å². The van der Waals surface area contributed by atoms with Gasteiger partial charge in [0.2, 0.25) is 5.91 Å². The summed E-state index contributed by atoms with van der Waals surface area (Å²) >= 11 is 3.43.